The molecule has 3 aromatic rings. The first-order valence-corrected chi connectivity index (χ1v) is 15.6. The summed E-state index contributed by atoms with van der Waals surface area (Å²) in [6.45, 7) is 9.21. The van der Waals surface area contributed by atoms with Gasteiger partial charge in [-0.1, -0.05) is 36.4 Å². The van der Waals surface area contributed by atoms with Crippen molar-refractivity contribution in [2.75, 3.05) is 19.8 Å². The molecule has 216 valence electrons. The van der Waals surface area contributed by atoms with E-state index in [4.69, 9.17) is 9.47 Å². The Labute approximate surface area is 245 Å². The molecule has 1 spiro atoms. The zero-order chi connectivity index (χ0) is 28.6. The number of hydrogen-bond donors (Lipinski definition) is 1. The van der Waals surface area contributed by atoms with Crippen molar-refractivity contribution >= 4 is 5.97 Å². The van der Waals surface area contributed by atoms with Crippen LogP contribution in [0.2, 0.25) is 0 Å². The smallest absolute Gasteiger partial charge is 0.303 e. The van der Waals surface area contributed by atoms with Gasteiger partial charge in [0.2, 0.25) is 0 Å². The number of benzene rings is 3. The fourth-order valence-corrected chi connectivity index (χ4v) is 7.64. The quantitative estimate of drug-likeness (QED) is 0.276. The number of aliphatic carboxylic acids is 1. The average molecular weight is 553 g/mol. The van der Waals surface area contributed by atoms with Gasteiger partial charge in [-0.3, -0.25) is 4.79 Å². The van der Waals surface area contributed by atoms with Gasteiger partial charge >= 0.3 is 5.97 Å². The number of carbonyl (C=O) groups is 1. The van der Waals surface area contributed by atoms with Crippen molar-refractivity contribution in [3.63, 3.8) is 0 Å². The third-order valence-corrected chi connectivity index (χ3v) is 10.2. The molecule has 1 heterocycles. The first-order chi connectivity index (χ1) is 19.8. The molecule has 4 heteroatoms. The van der Waals surface area contributed by atoms with E-state index in [9.17, 15) is 9.90 Å². The summed E-state index contributed by atoms with van der Waals surface area (Å²) < 4.78 is 11.7. The highest BCUT2D eigenvalue weighted by Gasteiger charge is 2.54. The van der Waals surface area contributed by atoms with Gasteiger partial charge in [0.1, 0.15) is 5.75 Å². The predicted molar refractivity (Wildman–Crippen MR) is 164 cm³/mol. The van der Waals surface area contributed by atoms with E-state index < -0.39 is 5.97 Å². The fraction of sp³-hybridized carbons (Fsp3) is 0.486. The maximum absolute atomic E-state index is 11.5. The number of fused-ring (bicyclic) bond motifs is 1. The Bertz CT molecular complexity index is 1400. The Balaban J connectivity index is 1.13. The lowest BCUT2D eigenvalue weighted by atomic mass is 9.86. The maximum Gasteiger partial charge on any atom is 0.303 e. The zero-order valence-corrected chi connectivity index (χ0v) is 24.9. The monoisotopic (exact) mass is 552 g/mol. The van der Waals surface area contributed by atoms with E-state index >= 15 is 0 Å². The molecule has 2 aliphatic carbocycles. The van der Waals surface area contributed by atoms with Gasteiger partial charge in [0.15, 0.2) is 0 Å². The van der Waals surface area contributed by atoms with Gasteiger partial charge in [-0.2, -0.15) is 0 Å². The minimum Gasteiger partial charge on any atom is -0.494 e. The van der Waals surface area contributed by atoms with Crippen molar-refractivity contribution in [3.05, 3.63) is 87.5 Å². The molecule has 3 aromatic carbocycles. The summed E-state index contributed by atoms with van der Waals surface area (Å²) in [6.07, 6.45) is 9.04. The van der Waals surface area contributed by atoms with Crippen LogP contribution in [0.15, 0.2) is 48.5 Å². The van der Waals surface area contributed by atoms with Crippen LogP contribution in [0, 0.1) is 32.1 Å². The number of carboxylic acids is 1. The molecule has 41 heavy (non-hydrogen) atoms. The molecule has 6 rings (SSSR count). The first-order valence-electron chi connectivity index (χ1n) is 15.6. The van der Waals surface area contributed by atoms with E-state index in [2.05, 4.69) is 69.3 Å². The molecule has 1 unspecified atom stereocenters. The molecule has 2 fully saturated rings. The van der Waals surface area contributed by atoms with Gasteiger partial charge in [0.25, 0.3) is 0 Å². The molecule has 0 bridgehead atoms. The summed E-state index contributed by atoms with van der Waals surface area (Å²) in [4.78, 5) is 11.5. The van der Waals surface area contributed by atoms with Crippen molar-refractivity contribution in [2.45, 2.75) is 84.5 Å². The van der Waals surface area contributed by atoms with Gasteiger partial charge in [-0.15, -0.1) is 0 Å². The van der Waals surface area contributed by atoms with Crippen molar-refractivity contribution in [1.82, 2.24) is 0 Å². The molecule has 1 atom stereocenters. The SMILES string of the molecule is Cc1cc(OCCC2CCOCC2)cc(C)c1-c1cccc(CCc2ccc3c(c2)CC2(CC2)C3CC(=O)O)c1C. The molecular weight excluding hydrogens is 508 g/mol. The highest BCUT2D eigenvalue weighted by Crippen LogP contribution is 2.64. The van der Waals surface area contributed by atoms with Crippen LogP contribution in [0.5, 0.6) is 5.75 Å². The standard InChI is InChI=1S/C37H44O4/c1-24-19-31(41-18-13-27-11-16-40-17-12-27)20-25(2)36(24)32-6-4-5-29(26(32)3)9-7-28-8-10-33-30(21-28)23-37(14-15-37)34(33)22-35(38)39/h4-6,8,10,19-21,27,34H,7,9,11-18,22-23H2,1-3H3,(H,38,39). The normalized spacial score (nSPS) is 19.3. The highest BCUT2D eigenvalue weighted by molar-refractivity contribution is 5.75. The van der Waals surface area contributed by atoms with Crippen LogP contribution < -0.4 is 4.74 Å². The predicted octanol–water partition coefficient (Wildman–Crippen LogP) is 8.15. The van der Waals surface area contributed by atoms with Crippen molar-refractivity contribution in [2.24, 2.45) is 11.3 Å². The minimum atomic E-state index is -0.674. The van der Waals surface area contributed by atoms with Crippen LogP contribution in [0.1, 0.15) is 83.4 Å². The average Bonchev–Trinajstić information content (AvgIpc) is 3.66. The Morgan fingerprint density at radius 2 is 1.76 bits per heavy atom. The third-order valence-electron chi connectivity index (χ3n) is 10.2. The lowest BCUT2D eigenvalue weighted by molar-refractivity contribution is -0.137. The minimum absolute atomic E-state index is 0.193. The van der Waals surface area contributed by atoms with Crippen LogP contribution in [0.3, 0.4) is 0 Å². The molecule has 3 aliphatic rings. The second-order valence-corrected chi connectivity index (χ2v) is 12.9. The van der Waals surface area contributed by atoms with E-state index in [-0.39, 0.29) is 17.8 Å². The lowest BCUT2D eigenvalue weighted by Crippen LogP contribution is -2.17. The zero-order valence-electron chi connectivity index (χ0n) is 24.9. The summed E-state index contributed by atoms with van der Waals surface area (Å²) in [5, 5.41) is 9.47. The molecule has 1 saturated carbocycles. The number of ether oxygens (including phenoxy) is 2. The summed E-state index contributed by atoms with van der Waals surface area (Å²) in [7, 11) is 0. The Kier molecular flexibility index (Phi) is 7.96. The van der Waals surface area contributed by atoms with E-state index in [1.54, 1.807) is 0 Å². The summed E-state index contributed by atoms with van der Waals surface area (Å²) in [6, 6.07) is 18.0. The Morgan fingerprint density at radius 1 is 1.00 bits per heavy atom. The second-order valence-electron chi connectivity index (χ2n) is 12.9. The van der Waals surface area contributed by atoms with Gasteiger partial charge in [-0.25, -0.2) is 0 Å². The van der Waals surface area contributed by atoms with E-state index in [0.717, 1.165) is 70.0 Å². The molecule has 0 aromatic heterocycles. The van der Waals surface area contributed by atoms with Crippen LogP contribution in [0.4, 0.5) is 0 Å². The second kappa shape index (κ2) is 11.6. The molecule has 1 N–H and O–H groups in total. The first kappa shape index (κ1) is 28.0. The van der Waals surface area contributed by atoms with Gasteiger partial charge in [0, 0.05) is 19.1 Å². The van der Waals surface area contributed by atoms with Gasteiger partial charge in [0.05, 0.1) is 13.0 Å². The topological polar surface area (TPSA) is 55.8 Å². The number of rotatable bonds is 10. The maximum atomic E-state index is 11.5. The van der Waals surface area contributed by atoms with Gasteiger partial charge < -0.3 is 14.6 Å². The van der Waals surface area contributed by atoms with E-state index in [1.807, 2.05) is 0 Å². The number of hydrogen-bond acceptors (Lipinski definition) is 3. The summed E-state index contributed by atoms with van der Waals surface area (Å²) >= 11 is 0. The highest BCUT2D eigenvalue weighted by atomic mass is 16.5. The molecule has 1 saturated heterocycles. The van der Waals surface area contributed by atoms with Crippen molar-refractivity contribution in [1.29, 1.82) is 0 Å². The molecule has 4 nitrogen and oxygen atoms in total. The molecular formula is C37H44O4. The van der Waals surface area contributed by atoms with Crippen LogP contribution >= 0.6 is 0 Å². The lowest BCUT2D eigenvalue weighted by Gasteiger charge is -2.22. The Hall–Kier alpha value is -3.11. The Morgan fingerprint density at radius 3 is 2.46 bits per heavy atom. The van der Waals surface area contributed by atoms with E-state index in [1.165, 1.54) is 62.9 Å². The van der Waals surface area contributed by atoms with Crippen molar-refractivity contribution < 1.29 is 19.4 Å². The summed E-state index contributed by atoms with van der Waals surface area (Å²) in [5.74, 6) is 1.21. The molecule has 0 amide bonds. The number of carboxylic acid groups (broad SMARTS) is 1. The molecule has 1 aliphatic heterocycles. The van der Waals surface area contributed by atoms with Crippen LogP contribution in [-0.4, -0.2) is 30.9 Å². The molecule has 0 radical (unpaired) electrons. The third kappa shape index (κ3) is 5.95. The van der Waals surface area contributed by atoms with Crippen LogP contribution in [0.25, 0.3) is 11.1 Å². The van der Waals surface area contributed by atoms with Crippen molar-refractivity contribution in [3.8, 4) is 16.9 Å². The summed E-state index contributed by atoms with van der Waals surface area (Å²) in [5.41, 5.74) is 12.1. The fourth-order valence-electron chi connectivity index (χ4n) is 7.64. The van der Waals surface area contributed by atoms with E-state index in [0.29, 0.717) is 0 Å². The number of aryl methyl sites for hydroxylation is 4. The van der Waals surface area contributed by atoms with Crippen LogP contribution in [-0.2, 0) is 28.8 Å². The van der Waals surface area contributed by atoms with Gasteiger partial charge in [-0.05, 0) is 146 Å². The largest absolute Gasteiger partial charge is 0.494 e.